The SMILES string of the molecule is C=CC(O)[C@@H]1CC[C@H]1CN1C[C@@]2(CCCc3cc(Cl)ccc32)COc2ccc(C(=O)NS(=O)(=O)C[C@H]3C[C@H]3/C=C/C)cc21. The van der Waals surface area contributed by atoms with E-state index in [2.05, 4.69) is 28.3 Å². The fraction of sp³-hybridized carbons (Fsp3) is 0.500. The van der Waals surface area contributed by atoms with E-state index >= 15 is 0 Å². The van der Waals surface area contributed by atoms with Crippen molar-refractivity contribution in [2.24, 2.45) is 23.7 Å². The Kier molecular flexibility index (Phi) is 8.39. The minimum atomic E-state index is -3.78. The number of ether oxygens (including phenoxy) is 1. The summed E-state index contributed by atoms with van der Waals surface area (Å²) in [6.45, 7) is 7.58. The highest BCUT2D eigenvalue weighted by atomic mass is 35.5. The van der Waals surface area contributed by atoms with E-state index in [-0.39, 0.29) is 40.4 Å². The summed E-state index contributed by atoms with van der Waals surface area (Å²) in [5.74, 6) is 0.668. The second kappa shape index (κ2) is 11.9. The van der Waals surface area contributed by atoms with Crippen molar-refractivity contribution >= 4 is 33.2 Å². The number of hydrogen-bond acceptors (Lipinski definition) is 6. The highest BCUT2D eigenvalue weighted by Crippen LogP contribution is 2.47. The zero-order valence-corrected chi connectivity index (χ0v) is 26.2. The van der Waals surface area contributed by atoms with Crippen molar-refractivity contribution in [3.05, 3.63) is 82.9 Å². The lowest BCUT2D eigenvalue weighted by Crippen LogP contribution is -2.49. The average molecular weight is 625 g/mol. The van der Waals surface area contributed by atoms with E-state index in [1.54, 1.807) is 24.3 Å². The van der Waals surface area contributed by atoms with Crippen molar-refractivity contribution in [1.82, 2.24) is 4.72 Å². The number of halogens is 1. The van der Waals surface area contributed by atoms with Crippen LogP contribution in [0.5, 0.6) is 5.75 Å². The van der Waals surface area contributed by atoms with Crippen molar-refractivity contribution in [3.8, 4) is 5.75 Å². The molecule has 3 aliphatic carbocycles. The molecule has 9 heteroatoms. The molecule has 0 aromatic heterocycles. The molecule has 43 heavy (non-hydrogen) atoms. The number of nitrogens with one attached hydrogen (secondary N) is 1. The predicted octanol–water partition coefficient (Wildman–Crippen LogP) is 5.66. The number of sulfonamides is 1. The number of allylic oxidation sites excluding steroid dienone is 2. The van der Waals surface area contributed by atoms with Crippen LogP contribution in [-0.4, -0.2) is 51.0 Å². The number of rotatable bonds is 9. The Morgan fingerprint density at radius 2 is 2.09 bits per heavy atom. The van der Waals surface area contributed by atoms with Gasteiger partial charge in [-0.05, 0) is 111 Å². The fourth-order valence-electron chi connectivity index (χ4n) is 7.45. The molecule has 2 aromatic carbocycles. The van der Waals surface area contributed by atoms with Gasteiger partial charge in [0.1, 0.15) is 5.75 Å². The number of nitrogens with zero attached hydrogens (tertiary/aromatic N) is 1. The summed E-state index contributed by atoms with van der Waals surface area (Å²) in [5.41, 5.74) is 3.27. The normalized spacial score (nSPS) is 28.7. The number of fused-ring (bicyclic) bond motifs is 3. The fourth-order valence-corrected chi connectivity index (χ4v) is 9.08. The van der Waals surface area contributed by atoms with E-state index in [1.165, 1.54) is 11.1 Å². The van der Waals surface area contributed by atoms with Crippen LogP contribution >= 0.6 is 11.6 Å². The molecule has 1 spiro atoms. The van der Waals surface area contributed by atoms with Crippen LogP contribution in [-0.2, 0) is 21.9 Å². The maximum atomic E-state index is 13.3. The minimum absolute atomic E-state index is 0.0446. The third-order valence-corrected chi connectivity index (χ3v) is 11.6. The largest absolute Gasteiger partial charge is 0.490 e. The molecule has 4 aliphatic rings. The molecule has 6 rings (SSSR count). The number of carbonyl (C=O) groups is 1. The topological polar surface area (TPSA) is 95.9 Å². The summed E-state index contributed by atoms with van der Waals surface area (Å²) in [6.07, 6.45) is 10.7. The molecule has 1 amide bonds. The minimum Gasteiger partial charge on any atom is -0.490 e. The number of amides is 1. The number of aliphatic hydroxyl groups excluding tert-OH is 1. The van der Waals surface area contributed by atoms with Crippen LogP contribution in [0.3, 0.4) is 0 Å². The maximum Gasteiger partial charge on any atom is 0.264 e. The lowest BCUT2D eigenvalue weighted by atomic mass is 9.68. The number of aliphatic hydroxyl groups is 1. The summed E-state index contributed by atoms with van der Waals surface area (Å²) < 4.78 is 34.5. The third kappa shape index (κ3) is 6.24. The third-order valence-electron chi connectivity index (χ3n) is 10.0. The van der Waals surface area contributed by atoms with Crippen LogP contribution in [0.25, 0.3) is 0 Å². The Hall–Kier alpha value is -2.81. The first-order valence-electron chi connectivity index (χ1n) is 15.4. The second-order valence-electron chi connectivity index (χ2n) is 12.9. The van der Waals surface area contributed by atoms with Gasteiger partial charge >= 0.3 is 0 Å². The Bertz CT molecular complexity index is 1540. The molecule has 1 unspecified atom stereocenters. The number of aryl methyl sites for hydroxylation is 1. The van der Waals surface area contributed by atoms with Crippen LogP contribution < -0.4 is 14.4 Å². The Labute approximate surface area is 260 Å². The van der Waals surface area contributed by atoms with Gasteiger partial charge in [0.2, 0.25) is 10.0 Å². The molecule has 2 N–H and O–H groups in total. The zero-order chi connectivity index (χ0) is 30.4. The van der Waals surface area contributed by atoms with Gasteiger partial charge in [0.05, 0.1) is 24.2 Å². The molecule has 0 radical (unpaired) electrons. The van der Waals surface area contributed by atoms with Gasteiger partial charge < -0.3 is 14.7 Å². The predicted molar refractivity (Wildman–Crippen MR) is 170 cm³/mol. The van der Waals surface area contributed by atoms with Crippen LogP contribution in [0, 0.1) is 23.7 Å². The number of hydrogen-bond donors (Lipinski definition) is 2. The molecule has 1 aliphatic heterocycles. The summed E-state index contributed by atoms with van der Waals surface area (Å²) >= 11 is 6.38. The van der Waals surface area contributed by atoms with E-state index < -0.39 is 22.0 Å². The van der Waals surface area contributed by atoms with Crippen LogP contribution in [0.1, 0.15) is 60.5 Å². The molecule has 6 atom stereocenters. The van der Waals surface area contributed by atoms with Gasteiger partial charge in [0.15, 0.2) is 0 Å². The summed E-state index contributed by atoms with van der Waals surface area (Å²) in [7, 11) is -3.78. The summed E-state index contributed by atoms with van der Waals surface area (Å²) in [5, 5.41) is 11.3. The summed E-state index contributed by atoms with van der Waals surface area (Å²) in [6, 6.07) is 11.3. The molecule has 1 heterocycles. The molecular weight excluding hydrogens is 584 g/mol. The van der Waals surface area contributed by atoms with Crippen molar-refractivity contribution in [2.75, 3.05) is 30.3 Å². The molecule has 2 saturated carbocycles. The van der Waals surface area contributed by atoms with Crippen molar-refractivity contribution in [3.63, 3.8) is 0 Å². The van der Waals surface area contributed by atoms with Crippen LogP contribution in [0.2, 0.25) is 5.02 Å². The van der Waals surface area contributed by atoms with E-state index in [0.717, 1.165) is 49.2 Å². The second-order valence-corrected chi connectivity index (χ2v) is 15.1. The molecule has 2 aromatic rings. The van der Waals surface area contributed by atoms with E-state index in [0.29, 0.717) is 25.4 Å². The Balaban J connectivity index is 1.30. The lowest BCUT2D eigenvalue weighted by molar-refractivity contribution is 0.0460. The summed E-state index contributed by atoms with van der Waals surface area (Å²) in [4.78, 5) is 15.6. The van der Waals surface area contributed by atoms with E-state index in [1.807, 2.05) is 25.1 Å². The van der Waals surface area contributed by atoms with Gasteiger partial charge in [-0.2, -0.15) is 0 Å². The van der Waals surface area contributed by atoms with Gasteiger partial charge in [-0.1, -0.05) is 35.9 Å². The first kappa shape index (κ1) is 30.2. The molecule has 7 nitrogen and oxygen atoms in total. The molecule has 230 valence electrons. The average Bonchev–Trinajstić information content (AvgIpc) is 3.71. The van der Waals surface area contributed by atoms with Gasteiger partial charge in [-0.15, -0.1) is 6.58 Å². The van der Waals surface area contributed by atoms with Crippen LogP contribution in [0.4, 0.5) is 5.69 Å². The van der Waals surface area contributed by atoms with Gasteiger partial charge in [-0.3, -0.25) is 4.79 Å². The van der Waals surface area contributed by atoms with Crippen molar-refractivity contribution < 1.29 is 23.1 Å². The number of carbonyl (C=O) groups excluding carboxylic acids is 1. The highest BCUT2D eigenvalue weighted by Gasteiger charge is 2.44. The number of anilines is 1. The maximum absolute atomic E-state index is 13.3. The molecule has 0 saturated heterocycles. The first-order chi connectivity index (χ1) is 20.6. The van der Waals surface area contributed by atoms with Gasteiger partial charge in [0, 0.05) is 29.1 Å². The van der Waals surface area contributed by atoms with E-state index in [9.17, 15) is 18.3 Å². The first-order valence-corrected chi connectivity index (χ1v) is 17.4. The van der Waals surface area contributed by atoms with Gasteiger partial charge in [-0.25, -0.2) is 13.1 Å². The smallest absolute Gasteiger partial charge is 0.264 e. The van der Waals surface area contributed by atoms with Gasteiger partial charge in [0.25, 0.3) is 5.91 Å². The lowest BCUT2D eigenvalue weighted by Gasteiger charge is -2.45. The standard InChI is InChI=1S/C34H41ClN2O5S/c1-3-6-22-15-26(22)19-43(40,41)36-33(39)24-9-13-32-30(17-24)37(18-25-8-11-28(25)31(38)4-2)20-34(21-42-32)14-5-7-23-16-27(35)10-12-29(23)34/h3-4,6,9-10,12-13,16-17,22,25-26,28,31,38H,2,5,7-8,11,14-15,18-21H2,1H3,(H,36,39)/b6-3+/t22-,25+,26-,28-,31?,34+/m1/s1. The monoisotopic (exact) mass is 624 g/mol. The van der Waals surface area contributed by atoms with Crippen molar-refractivity contribution in [2.45, 2.75) is 57.0 Å². The Morgan fingerprint density at radius 1 is 1.26 bits per heavy atom. The quantitative estimate of drug-likeness (QED) is 0.350. The number of benzene rings is 2. The Morgan fingerprint density at radius 3 is 2.84 bits per heavy atom. The molecule has 0 bridgehead atoms. The zero-order valence-electron chi connectivity index (χ0n) is 24.7. The van der Waals surface area contributed by atoms with Crippen molar-refractivity contribution in [1.29, 1.82) is 0 Å². The molecule has 2 fully saturated rings. The highest BCUT2D eigenvalue weighted by molar-refractivity contribution is 7.90. The van der Waals surface area contributed by atoms with Crippen LogP contribution in [0.15, 0.2) is 61.2 Å². The van der Waals surface area contributed by atoms with E-state index in [4.69, 9.17) is 16.3 Å². The molecular formula is C34H41ClN2O5S.